The van der Waals surface area contributed by atoms with Crippen LogP contribution in [0.3, 0.4) is 0 Å². The Balaban J connectivity index is 1.49. The highest BCUT2D eigenvalue weighted by atomic mass is 19.1. The molecule has 2 saturated carbocycles. The Morgan fingerprint density at radius 3 is 2.30 bits per heavy atom. The molecule has 0 atom stereocenters. The lowest BCUT2D eigenvalue weighted by molar-refractivity contribution is 0.112. The second kappa shape index (κ2) is 9.18. The lowest BCUT2D eigenvalue weighted by Gasteiger charge is -2.28. The van der Waals surface area contributed by atoms with Crippen molar-refractivity contribution in [3.05, 3.63) is 36.0 Å². The van der Waals surface area contributed by atoms with Crippen LogP contribution in [0.5, 0.6) is 0 Å². The highest BCUT2D eigenvalue weighted by Gasteiger charge is 2.27. The molecule has 2 fully saturated rings. The Hall–Kier alpha value is -2.85. The average Bonchev–Trinajstić information content (AvgIpc) is 3.15. The number of hydrogen-bond donors (Lipinski definition) is 4. The molecule has 0 bridgehead atoms. The van der Waals surface area contributed by atoms with Crippen molar-refractivity contribution in [1.82, 2.24) is 19.5 Å². The lowest BCUT2D eigenvalue weighted by atomic mass is 9.93. The molecule has 3 aromatic rings. The number of aliphatic hydroxyl groups is 2. The molecule has 0 aliphatic heterocycles. The van der Waals surface area contributed by atoms with Gasteiger partial charge in [0.2, 0.25) is 11.9 Å². The largest absolute Gasteiger partial charge is 0.393 e. The van der Waals surface area contributed by atoms with Gasteiger partial charge in [-0.1, -0.05) is 0 Å². The summed E-state index contributed by atoms with van der Waals surface area (Å²) in [4.78, 5) is 13.8. The van der Waals surface area contributed by atoms with Gasteiger partial charge in [-0.05, 0) is 63.5 Å². The predicted molar refractivity (Wildman–Crippen MR) is 120 cm³/mol. The Morgan fingerprint density at radius 2 is 1.61 bits per heavy atom. The number of anilines is 3. The fourth-order valence-electron chi connectivity index (χ4n) is 4.82. The number of hydrogen-bond acceptors (Lipinski definition) is 7. The Morgan fingerprint density at radius 1 is 0.909 bits per heavy atom. The van der Waals surface area contributed by atoms with E-state index in [1.807, 2.05) is 4.57 Å². The van der Waals surface area contributed by atoms with Gasteiger partial charge in [-0.3, -0.25) is 4.57 Å². The fourth-order valence-corrected chi connectivity index (χ4v) is 4.82. The summed E-state index contributed by atoms with van der Waals surface area (Å²) in [6.45, 7) is 0. The number of benzene rings is 1. The number of nitrogens with one attached hydrogen (secondary N) is 2. The molecule has 2 aromatic heterocycles. The Bertz CT molecular complexity index is 1120. The van der Waals surface area contributed by atoms with E-state index in [1.165, 1.54) is 12.1 Å². The molecule has 33 heavy (non-hydrogen) atoms. The molecular formula is C23H28F2N6O2. The number of rotatable bonds is 5. The summed E-state index contributed by atoms with van der Waals surface area (Å²) < 4.78 is 29.7. The second-order valence-corrected chi connectivity index (χ2v) is 9.07. The first-order valence-electron chi connectivity index (χ1n) is 11.6. The number of imidazole rings is 1. The van der Waals surface area contributed by atoms with Crippen LogP contribution in [0.4, 0.5) is 26.4 Å². The number of aliphatic hydroxyl groups excluding tert-OH is 2. The number of fused-ring (bicyclic) bond motifs is 1. The van der Waals surface area contributed by atoms with E-state index < -0.39 is 11.6 Å². The maximum atomic E-state index is 14.3. The van der Waals surface area contributed by atoms with Gasteiger partial charge < -0.3 is 20.8 Å². The standard InChI is InChI=1S/C23H28F2N6O2/c24-13-1-10-19(18(25)11-13)28-23-29-20-12-26-22(27-14-2-6-16(32)7-3-14)30-21(20)31(23)15-4-8-17(33)9-5-15/h1,10-12,14-17,32-33H,2-9H2,(H,28,29)(H,26,27,30)/t14-,15-,16-,17+. The van der Waals surface area contributed by atoms with Crippen LogP contribution in [-0.4, -0.2) is 48.0 Å². The third kappa shape index (κ3) is 4.77. The van der Waals surface area contributed by atoms with Gasteiger partial charge in [0.1, 0.15) is 17.2 Å². The fraction of sp³-hybridized carbons (Fsp3) is 0.522. The van der Waals surface area contributed by atoms with Crippen LogP contribution in [0, 0.1) is 11.6 Å². The van der Waals surface area contributed by atoms with E-state index in [0.29, 0.717) is 35.9 Å². The Kier molecular flexibility index (Phi) is 6.11. The van der Waals surface area contributed by atoms with Crippen LogP contribution in [-0.2, 0) is 0 Å². The number of nitrogens with zero attached hydrogens (tertiary/aromatic N) is 4. The van der Waals surface area contributed by atoms with Crippen molar-refractivity contribution in [1.29, 1.82) is 0 Å². The third-order valence-corrected chi connectivity index (χ3v) is 6.67. The molecule has 5 rings (SSSR count). The average molecular weight is 459 g/mol. The summed E-state index contributed by atoms with van der Waals surface area (Å²) in [7, 11) is 0. The molecule has 8 nitrogen and oxygen atoms in total. The minimum Gasteiger partial charge on any atom is -0.393 e. The molecule has 2 heterocycles. The van der Waals surface area contributed by atoms with Gasteiger partial charge in [-0.2, -0.15) is 4.98 Å². The van der Waals surface area contributed by atoms with Gasteiger partial charge in [0.15, 0.2) is 5.65 Å². The molecular weight excluding hydrogens is 430 g/mol. The topological polar surface area (TPSA) is 108 Å². The number of halogens is 2. The van der Waals surface area contributed by atoms with E-state index >= 15 is 0 Å². The molecule has 4 N–H and O–H groups in total. The normalized spacial score (nSPS) is 25.8. The molecule has 10 heteroatoms. The third-order valence-electron chi connectivity index (χ3n) is 6.67. The van der Waals surface area contributed by atoms with Crippen molar-refractivity contribution in [2.75, 3.05) is 10.6 Å². The maximum Gasteiger partial charge on any atom is 0.224 e. The minimum atomic E-state index is -0.708. The van der Waals surface area contributed by atoms with Gasteiger partial charge in [0, 0.05) is 18.2 Å². The highest BCUT2D eigenvalue weighted by molar-refractivity contribution is 5.76. The maximum absolute atomic E-state index is 14.3. The van der Waals surface area contributed by atoms with Crippen LogP contribution in [0.1, 0.15) is 57.4 Å². The second-order valence-electron chi connectivity index (χ2n) is 9.07. The molecule has 0 unspecified atom stereocenters. The molecule has 0 spiro atoms. The van der Waals surface area contributed by atoms with Gasteiger partial charge in [-0.15, -0.1) is 0 Å². The van der Waals surface area contributed by atoms with Gasteiger partial charge in [0.25, 0.3) is 0 Å². The van der Waals surface area contributed by atoms with E-state index in [9.17, 15) is 19.0 Å². The summed E-state index contributed by atoms with van der Waals surface area (Å²) in [5, 5.41) is 26.1. The molecule has 0 radical (unpaired) electrons. The predicted octanol–water partition coefficient (Wildman–Crippen LogP) is 4.04. The van der Waals surface area contributed by atoms with Gasteiger partial charge in [0.05, 0.1) is 24.1 Å². The smallest absolute Gasteiger partial charge is 0.224 e. The SMILES string of the molecule is O[C@H]1CC[C@H](Nc2ncc3nc(Nc4ccc(F)cc4F)n([C@H]4CC[C@@H](O)CC4)c3n2)CC1. The molecule has 1 aromatic carbocycles. The van der Waals surface area contributed by atoms with Crippen molar-refractivity contribution < 1.29 is 19.0 Å². The van der Waals surface area contributed by atoms with Crippen molar-refractivity contribution >= 4 is 28.7 Å². The Labute approximate surface area is 190 Å². The van der Waals surface area contributed by atoms with Gasteiger partial charge >= 0.3 is 0 Å². The van der Waals surface area contributed by atoms with E-state index in [2.05, 4.69) is 20.6 Å². The van der Waals surface area contributed by atoms with Crippen LogP contribution < -0.4 is 10.6 Å². The molecule has 0 saturated heterocycles. The van der Waals surface area contributed by atoms with Crippen molar-refractivity contribution in [3.8, 4) is 0 Å². The van der Waals surface area contributed by atoms with Crippen LogP contribution in [0.15, 0.2) is 24.4 Å². The number of aromatic nitrogens is 4. The van der Waals surface area contributed by atoms with E-state index in [-0.39, 0.29) is 30.0 Å². The van der Waals surface area contributed by atoms with Crippen molar-refractivity contribution in [2.45, 2.75) is 75.7 Å². The molecule has 2 aliphatic carbocycles. The van der Waals surface area contributed by atoms with Crippen molar-refractivity contribution in [2.24, 2.45) is 0 Å². The molecule has 2 aliphatic rings. The van der Waals surface area contributed by atoms with Crippen LogP contribution in [0.25, 0.3) is 11.2 Å². The van der Waals surface area contributed by atoms with Crippen LogP contribution in [0.2, 0.25) is 0 Å². The van der Waals surface area contributed by atoms with Gasteiger partial charge in [-0.25, -0.2) is 18.7 Å². The summed E-state index contributed by atoms with van der Waals surface area (Å²) in [5.41, 5.74) is 1.31. The zero-order chi connectivity index (χ0) is 22.9. The zero-order valence-corrected chi connectivity index (χ0v) is 18.2. The summed E-state index contributed by atoms with van der Waals surface area (Å²) >= 11 is 0. The first-order chi connectivity index (χ1) is 16.0. The summed E-state index contributed by atoms with van der Waals surface area (Å²) in [5.74, 6) is -0.463. The summed E-state index contributed by atoms with van der Waals surface area (Å²) in [6, 6.07) is 3.58. The lowest BCUT2D eigenvalue weighted by Crippen LogP contribution is -2.29. The molecule has 0 amide bonds. The van der Waals surface area contributed by atoms with E-state index in [0.717, 1.165) is 44.6 Å². The summed E-state index contributed by atoms with van der Waals surface area (Å²) in [6.07, 6.45) is 7.07. The minimum absolute atomic E-state index is 0.0250. The molecule has 176 valence electrons. The van der Waals surface area contributed by atoms with Crippen LogP contribution >= 0.6 is 0 Å². The monoisotopic (exact) mass is 458 g/mol. The zero-order valence-electron chi connectivity index (χ0n) is 18.2. The first-order valence-corrected chi connectivity index (χ1v) is 11.6. The van der Waals surface area contributed by atoms with E-state index in [1.54, 1.807) is 6.20 Å². The first kappa shape index (κ1) is 22.0. The van der Waals surface area contributed by atoms with E-state index in [4.69, 9.17) is 4.98 Å². The van der Waals surface area contributed by atoms with Crippen molar-refractivity contribution in [3.63, 3.8) is 0 Å². The quantitative estimate of drug-likeness (QED) is 0.457. The highest BCUT2D eigenvalue weighted by Crippen LogP contribution is 2.35.